The van der Waals surface area contributed by atoms with E-state index < -0.39 is 30.7 Å². The Morgan fingerprint density at radius 2 is 1.92 bits per heavy atom. The highest BCUT2D eigenvalue weighted by molar-refractivity contribution is 6.43. The Bertz CT molecular complexity index is 754. The van der Waals surface area contributed by atoms with Crippen molar-refractivity contribution < 1.29 is 29.9 Å². The van der Waals surface area contributed by atoms with Gasteiger partial charge >= 0.3 is 13.1 Å². The van der Waals surface area contributed by atoms with E-state index in [0.29, 0.717) is 5.69 Å². The molecule has 1 amide bonds. The maximum absolute atomic E-state index is 12.0. The van der Waals surface area contributed by atoms with E-state index in [-0.39, 0.29) is 24.0 Å². The lowest BCUT2D eigenvalue weighted by molar-refractivity contribution is -0.120. The van der Waals surface area contributed by atoms with Gasteiger partial charge in [0.1, 0.15) is 11.3 Å². The molecule has 0 aliphatic carbocycles. The molecule has 0 spiro atoms. The zero-order valence-corrected chi connectivity index (χ0v) is 13.2. The molecule has 25 heavy (non-hydrogen) atoms. The molecule has 2 rings (SSSR count). The number of nitrogens with one attached hydrogen (secondary N) is 1. The molecule has 0 saturated carbocycles. The third-order valence-electron chi connectivity index (χ3n) is 3.56. The molecule has 5 N–H and O–H groups in total. The number of aromatic carboxylic acids is 1. The maximum atomic E-state index is 12.0. The molecule has 0 saturated heterocycles. The Balaban J connectivity index is 2.10. The van der Waals surface area contributed by atoms with Gasteiger partial charge in [-0.05, 0) is 30.2 Å². The number of aromatic nitrogens is 1. The highest BCUT2D eigenvalue weighted by Gasteiger charge is 2.27. The van der Waals surface area contributed by atoms with Crippen molar-refractivity contribution in [3.8, 4) is 5.75 Å². The second-order valence-electron chi connectivity index (χ2n) is 5.41. The van der Waals surface area contributed by atoms with Crippen molar-refractivity contribution in [1.82, 2.24) is 10.3 Å². The molecule has 0 fully saturated rings. The first kappa shape index (κ1) is 18.4. The number of amides is 1. The van der Waals surface area contributed by atoms with E-state index in [1.165, 1.54) is 24.4 Å². The number of carboxylic acid groups (broad SMARTS) is 1. The third-order valence-corrected chi connectivity index (χ3v) is 3.56. The van der Waals surface area contributed by atoms with Gasteiger partial charge in [-0.2, -0.15) is 0 Å². The molecule has 9 heteroatoms. The number of phenols is 1. The summed E-state index contributed by atoms with van der Waals surface area (Å²) in [5.41, 5.74) is 0.390. The molecular formula is C16H17BN2O6. The molecule has 1 aromatic carbocycles. The molecule has 130 valence electrons. The summed E-state index contributed by atoms with van der Waals surface area (Å²) < 4.78 is 0. The van der Waals surface area contributed by atoms with Crippen LogP contribution >= 0.6 is 0 Å². The Kier molecular flexibility index (Phi) is 6.10. The fourth-order valence-electron chi connectivity index (χ4n) is 2.32. The summed E-state index contributed by atoms with van der Waals surface area (Å²) in [4.78, 5) is 27.1. The first-order valence-corrected chi connectivity index (χ1v) is 7.48. The summed E-state index contributed by atoms with van der Waals surface area (Å²) >= 11 is 0. The van der Waals surface area contributed by atoms with E-state index in [9.17, 15) is 24.7 Å². The maximum Gasteiger partial charge on any atom is 0.475 e. The lowest BCUT2D eigenvalue weighted by Gasteiger charge is -2.19. The smallest absolute Gasteiger partial charge is 0.475 e. The zero-order chi connectivity index (χ0) is 18.4. The van der Waals surface area contributed by atoms with Gasteiger partial charge < -0.3 is 25.6 Å². The number of hydrogen-bond donors (Lipinski definition) is 5. The number of para-hydroxylation sites is 1. The summed E-state index contributed by atoms with van der Waals surface area (Å²) in [5.74, 6) is -3.38. The minimum absolute atomic E-state index is 0.0504. The van der Waals surface area contributed by atoms with Crippen molar-refractivity contribution in [1.29, 1.82) is 0 Å². The van der Waals surface area contributed by atoms with Crippen LogP contribution in [0.1, 0.15) is 21.6 Å². The quantitative estimate of drug-likeness (QED) is 0.437. The van der Waals surface area contributed by atoms with Crippen LogP contribution in [0.3, 0.4) is 0 Å². The molecular weight excluding hydrogens is 327 g/mol. The number of carbonyl (C=O) groups is 2. The molecule has 1 heterocycles. The summed E-state index contributed by atoms with van der Waals surface area (Å²) in [7, 11) is -1.89. The van der Waals surface area contributed by atoms with Gasteiger partial charge in [-0.1, -0.05) is 18.2 Å². The van der Waals surface area contributed by atoms with Crippen LogP contribution in [0.25, 0.3) is 0 Å². The van der Waals surface area contributed by atoms with Crippen LogP contribution in [0.5, 0.6) is 5.75 Å². The Hall–Kier alpha value is -2.91. The van der Waals surface area contributed by atoms with Gasteiger partial charge in [-0.25, -0.2) is 4.79 Å². The number of nitrogens with zero attached hydrogens (tertiary/aromatic N) is 1. The van der Waals surface area contributed by atoms with Crippen molar-refractivity contribution in [3.05, 3.63) is 59.4 Å². The molecule has 8 nitrogen and oxygen atoms in total. The van der Waals surface area contributed by atoms with Crippen LogP contribution < -0.4 is 5.32 Å². The van der Waals surface area contributed by atoms with E-state index in [2.05, 4.69) is 10.3 Å². The summed E-state index contributed by atoms with van der Waals surface area (Å²) in [6.45, 7) is 0. The first-order chi connectivity index (χ1) is 11.9. The number of carboxylic acids is 1. The highest BCUT2D eigenvalue weighted by Crippen LogP contribution is 2.24. The van der Waals surface area contributed by atoms with Gasteiger partial charge in [0, 0.05) is 11.9 Å². The van der Waals surface area contributed by atoms with Crippen molar-refractivity contribution in [2.45, 2.75) is 18.8 Å². The van der Waals surface area contributed by atoms with E-state index in [4.69, 9.17) is 5.11 Å². The molecule has 0 radical (unpaired) electrons. The predicted octanol–water partition coefficient (Wildman–Crippen LogP) is -0.233. The fourth-order valence-corrected chi connectivity index (χ4v) is 2.32. The summed E-state index contributed by atoms with van der Waals surface area (Å²) in [5, 5.41) is 40.4. The molecule has 1 atom stereocenters. The van der Waals surface area contributed by atoms with Crippen molar-refractivity contribution in [2.24, 2.45) is 0 Å². The largest absolute Gasteiger partial charge is 0.507 e. The Labute approximate surface area is 143 Å². The molecule has 0 aliphatic heterocycles. The third kappa shape index (κ3) is 5.03. The van der Waals surface area contributed by atoms with Gasteiger partial charge in [-0.15, -0.1) is 0 Å². The molecule has 0 aliphatic rings. The number of hydrogen-bond acceptors (Lipinski definition) is 6. The topological polar surface area (TPSA) is 140 Å². The van der Waals surface area contributed by atoms with Crippen LogP contribution in [-0.2, 0) is 17.6 Å². The van der Waals surface area contributed by atoms with E-state index in [0.717, 1.165) is 0 Å². The second kappa shape index (κ2) is 8.27. The minimum Gasteiger partial charge on any atom is -0.507 e. The average Bonchev–Trinajstić information content (AvgIpc) is 2.56. The van der Waals surface area contributed by atoms with Crippen LogP contribution in [0, 0.1) is 0 Å². The molecule has 0 bridgehead atoms. The van der Waals surface area contributed by atoms with E-state index >= 15 is 0 Å². The SMILES string of the molecule is O=C(Cc1ccccn1)N[C@@H](Cc1cccc(C(=O)O)c1O)B(O)O. The molecule has 1 aromatic heterocycles. The molecule has 2 aromatic rings. The summed E-state index contributed by atoms with van der Waals surface area (Å²) in [6, 6.07) is 9.19. The number of carbonyl (C=O) groups excluding carboxylic acids is 1. The van der Waals surface area contributed by atoms with E-state index in [1.54, 1.807) is 18.2 Å². The van der Waals surface area contributed by atoms with Crippen molar-refractivity contribution >= 4 is 19.0 Å². The van der Waals surface area contributed by atoms with Crippen LogP contribution in [0.4, 0.5) is 0 Å². The van der Waals surface area contributed by atoms with Crippen LogP contribution in [-0.4, -0.2) is 50.2 Å². The molecule has 0 unspecified atom stereocenters. The average molecular weight is 344 g/mol. The minimum atomic E-state index is -1.89. The van der Waals surface area contributed by atoms with Crippen LogP contribution in [0.2, 0.25) is 0 Å². The monoisotopic (exact) mass is 344 g/mol. The fraction of sp³-hybridized carbons (Fsp3) is 0.188. The van der Waals surface area contributed by atoms with E-state index in [1.807, 2.05) is 0 Å². The normalized spacial score (nSPS) is 11.6. The Morgan fingerprint density at radius 3 is 2.52 bits per heavy atom. The lowest BCUT2D eigenvalue weighted by Crippen LogP contribution is -2.48. The van der Waals surface area contributed by atoms with Crippen molar-refractivity contribution in [3.63, 3.8) is 0 Å². The van der Waals surface area contributed by atoms with Gasteiger partial charge in [0.15, 0.2) is 0 Å². The standard InChI is InChI=1S/C16H17BN2O6/c20-14(9-11-5-1-2-7-18-11)19-13(17(24)25)8-10-4-3-6-12(15(10)21)16(22)23/h1-7,13,21,24-25H,8-9H2,(H,19,20)(H,22,23)/t13-/m0/s1. The number of benzene rings is 1. The lowest BCUT2D eigenvalue weighted by atomic mass is 9.75. The predicted molar refractivity (Wildman–Crippen MR) is 88.8 cm³/mol. The number of pyridine rings is 1. The first-order valence-electron chi connectivity index (χ1n) is 7.48. The zero-order valence-electron chi connectivity index (χ0n) is 13.2. The number of rotatable bonds is 7. The second-order valence-corrected chi connectivity index (χ2v) is 5.41. The van der Waals surface area contributed by atoms with Gasteiger partial charge in [0.25, 0.3) is 0 Å². The number of aromatic hydroxyl groups is 1. The van der Waals surface area contributed by atoms with Crippen molar-refractivity contribution in [2.75, 3.05) is 0 Å². The van der Waals surface area contributed by atoms with Gasteiger partial charge in [0.2, 0.25) is 5.91 Å². The van der Waals surface area contributed by atoms with Gasteiger partial charge in [-0.3, -0.25) is 9.78 Å². The Morgan fingerprint density at radius 1 is 1.16 bits per heavy atom. The van der Waals surface area contributed by atoms with Crippen LogP contribution in [0.15, 0.2) is 42.6 Å². The highest BCUT2D eigenvalue weighted by atomic mass is 16.4. The van der Waals surface area contributed by atoms with Gasteiger partial charge in [0.05, 0.1) is 12.4 Å². The summed E-state index contributed by atoms with van der Waals surface area (Å²) in [6.07, 6.45) is 1.33.